The molecule has 1 unspecified atom stereocenters. The van der Waals surface area contributed by atoms with E-state index in [0.29, 0.717) is 19.6 Å². The predicted octanol–water partition coefficient (Wildman–Crippen LogP) is 2.76. The van der Waals surface area contributed by atoms with Crippen LogP contribution in [0, 0.1) is 0 Å². The first kappa shape index (κ1) is 14.8. The number of esters is 1. The van der Waals surface area contributed by atoms with E-state index in [4.69, 9.17) is 4.74 Å². The summed E-state index contributed by atoms with van der Waals surface area (Å²) in [6.45, 7) is 2.83. The second-order valence-corrected chi connectivity index (χ2v) is 5.78. The molecule has 0 spiro atoms. The number of halogens is 1. The zero-order valence-corrected chi connectivity index (χ0v) is 12.8. The Hall–Kier alpha value is -1.62. The molecule has 0 aromatic heterocycles. The summed E-state index contributed by atoms with van der Waals surface area (Å²) in [5.41, 5.74) is 1.77. The van der Waals surface area contributed by atoms with Crippen LogP contribution in [0.1, 0.15) is 18.9 Å². The molecule has 1 saturated heterocycles. The molecule has 0 aliphatic carbocycles. The van der Waals surface area contributed by atoms with Crippen molar-refractivity contribution in [3.8, 4) is 0 Å². The van der Waals surface area contributed by atoms with Crippen molar-refractivity contribution in [3.05, 3.63) is 35.9 Å². The first-order chi connectivity index (χ1) is 9.60. The minimum atomic E-state index is -0.353. The quantitative estimate of drug-likeness (QED) is 0.482. The van der Waals surface area contributed by atoms with Crippen molar-refractivity contribution in [3.63, 3.8) is 0 Å². The van der Waals surface area contributed by atoms with Gasteiger partial charge in [0.2, 0.25) is 5.91 Å². The first-order valence-electron chi connectivity index (χ1n) is 6.49. The Morgan fingerprint density at radius 3 is 2.70 bits per heavy atom. The van der Waals surface area contributed by atoms with Gasteiger partial charge in [-0.15, -0.1) is 0 Å². The Kier molecular flexibility index (Phi) is 4.95. The molecule has 20 heavy (non-hydrogen) atoms. The molecule has 5 heteroatoms. The molecule has 1 atom stereocenters. The lowest BCUT2D eigenvalue weighted by Gasteiger charge is -2.15. The molecule has 0 bridgehead atoms. The van der Waals surface area contributed by atoms with E-state index >= 15 is 0 Å². The highest BCUT2D eigenvalue weighted by atomic mass is 79.9. The summed E-state index contributed by atoms with van der Waals surface area (Å²) in [7, 11) is 0. The highest BCUT2D eigenvalue weighted by molar-refractivity contribution is 9.09. The van der Waals surface area contributed by atoms with Crippen LogP contribution in [0.4, 0.5) is 5.69 Å². The van der Waals surface area contributed by atoms with E-state index in [2.05, 4.69) is 15.9 Å². The van der Waals surface area contributed by atoms with Crippen molar-refractivity contribution in [2.75, 3.05) is 18.1 Å². The predicted molar refractivity (Wildman–Crippen MR) is 81.8 cm³/mol. The van der Waals surface area contributed by atoms with E-state index in [1.54, 1.807) is 17.9 Å². The molecule has 1 aromatic carbocycles. The van der Waals surface area contributed by atoms with Crippen LogP contribution in [0.5, 0.6) is 0 Å². The normalized spacial score (nSPS) is 18.8. The van der Waals surface area contributed by atoms with Gasteiger partial charge in [0.15, 0.2) is 0 Å². The summed E-state index contributed by atoms with van der Waals surface area (Å²) in [4.78, 5) is 25.0. The third-order valence-corrected chi connectivity index (χ3v) is 3.59. The molecule has 1 heterocycles. The van der Waals surface area contributed by atoms with Gasteiger partial charge in [-0.25, -0.2) is 4.79 Å². The van der Waals surface area contributed by atoms with Crippen molar-refractivity contribution in [2.24, 2.45) is 0 Å². The van der Waals surface area contributed by atoms with Gasteiger partial charge in [0.05, 0.1) is 6.61 Å². The van der Waals surface area contributed by atoms with Gasteiger partial charge < -0.3 is 9.64 Å². The lowest BCUT2D eigenvalue weighted by Crippen LogP contribution is -2.24. The Labute approximate surface area is 126 Å². The summed E-state index contributed by atoms with van der Waals surface area (Å²) in [5, 5.41) is 0. The zero-order valence-electron chi connectivity index (χ0n) is 11.2. The lowest BCUT2D eigenvalue weighted by molar-refractivity contribution is -0.137. The van der Waals surface area contributed by atoms with Crippen molar-refractivity contribution in [1.82, 2.24) is 0 Å². The molecule has 106 valence electrons. The maximum Gasteiger partial charge on any atom is 0.330 e. The van der Waals surface area contributed by atoms with E-state index in [-0.39, 0.29) is 16.7 Å². The van der Waals surface area contributed by atoms with Crippen molar-refractivity contribution in [2.45, 2.75) is 18.2 Å². The molecule has 1 aliphatic rings. The molecule has 4 nitrogen and oxygen atoms in total. The molecule has 0 N–H and O–H groups in total. The number of anilines is 1. The van der Waals surface area contributed by atoms with Crippen molar-refractivity contribution < 1.29 is 14.3 Å². The third kappa shape index (κ3) is 3.70. The van der Waals surface area contributed by atoms with Gasteiger partial charge in [0, 0.05) is 29.6 Å². The summed E-state index contributed by atoms with van der Waals surface area (Å²) < 4.78 is 4.81. The Morgan fingerprint density at radius 1 is 1.45 bits per heavy atom. The van der Waals surface area contributed by atoms with Gasteiger partial charge in [-0.05, 0) is 30.7 Å². The number of hydrogen-bond donors (Lipinski definition) is 0. The van der Waals surface area contributed by atoms with E-state index < -0.39 is 0 Å². The number of rotatable bonds is 4. The molecule has 1 aliphatic heterocycles. The van der Waals surface area contributed by atoms with Crippen LogP contribution in [-0.2, 0) is 14.3 Å². The highest BCUT2D eigenvalue weighted by Crippen LogP contribution is 2.25. The molecule has 1 amide bonds. The van der Waals surface area contributed by atoms with Gasteiger partial charge in [-0.3, -0.25) is 4.79 Å². The van der Waals surface area contributed by atoms with E-state index in [1.807, 2.05) is 24.3 Å². The van der Waals surface area contributed by atoms with Crippen LogP contribution < -0.4 is 4.90 Å². The minimum Gasteiger partial charge on any atom is -0.463 e. The standard InChI is InChI=1S/C15H16BrNO3/c1-2-20-15(19)8-5-11-3-6-13(7-4-11)17-10-12(16)9-14(17)18/h3-8,12H,2,9-10H2,1H3/b8-5+. The second kappa shape index (κ2) is 6.70. The fourth-order valence-corrected chi connectivity index (χ4v) is 2.60. The van der Waals surface area contributed by atoms with Gasteiger partial charge in [-0.2, -0.15) is 0 Å². The Morgan fingerprint density at radius 2 is 2.15 bits per heavy atom. The van der Waals surface area contributed by atoms with Crippen LogP contribution >= 0.6 is 15.9 Å². The average molecular weight is 338 g/mol. The maximum atomic E-state index is 11.8. The van der Waals surface area contributed by atoms with E-state index in [0.717, 1.165) is 11.3 Å². The fraction of sp³-hybridized carbons (Fsp3) is 0.333. The van der Waals surface area contributed by atoms with Crippen LogP contribution in [0.15, 0.2) is 30.3 Å². The van der Waals surface area contributed by atoms with Crippen LogP contribution in [-0.4, -0.2) is 29.9 Å². The Bertz CT molecular complexity index is 524. The van der Waals surface area contributed by atoms with Crippen molar-refractivity contribution in [1.29, 1.82) is 0 Å². The summed E-state index contributed by atoms with van der Waals surface area (Å²) >= 11 is 3.46. The second-order valence-electron chi connectivity index (χ2n) is 4.48. The summed E-state index contributed by atoms with van der Waals surface area (Å²) in [6, 6.07) is 7.52. The third-order valence-electron chi connectivity index (χ3n) is 2.98. The monoisotopic (exact) mass is 337 g/mol. The van der Waals surface area contributed by atoms with Crippen LogP contribution in [0.3, 0.4) is 0 Å². The van der Waals surface area contributed by atoms with Gasteiger partial charge in [0.25, 0.3) is 0 Å². The molecular weight excluding hydrogens is 322 g/mol. The molecule has 1 fully saturated rings. The minimum absolute atomic E-state index is 0.127. The molecule has 0 saturated carbocycles. The number of hydrogen-bond acceptors (Lipinski definition) is 3. The van der Waals surface area contributed by atoms with Crippen LogP contribution in [0.25, 0.3) is 6.08 Å². The zero-order chi connectivity index (χ0) is 14.5. The van der Waals surface area contributed by atoms with Crippen molar-refractivity contribution >= 4 is 39.6 Å². The molecule has 2 rings (SSSR count). The number of carbonyl (C=O) groups excluding carboxylic acids is 2. The number of alkyl halides is 1. The topological polar surface area (TPSA) is 46.6 Å². The van der Waals surface area contributed by atoms with Crippen LogP contribution in [0.2, 0.25) is 0 Å². The molecule has 0 radical (unpaired) electrons. The molecular formula is C15H16BrNO3. The van der Waals surface area contributed by atoms with E-state index in [9.17, 15) is 9.59 Å². The van der Waals surface area contributed by atoms with E-state index in [1.165, 1.54) is 6.08 Å². The number of amides is 1. The maximum absolute atomic E-state index is 11.8. The first-order valence-corrected chi connectivity index (χ1v) is 7.41. The van der Waals surface area contributed by atoms with Gasteiger partial charge in [-0.1, -0.05) is 28.1 Å². The molecule has 1 aromatic rings. The number of carbonyl (C=O) groups is 2. The van der Waals surface area contributed by atoms with Gasteiger partial charge in [0.1, 0.15) is 0 Å². The number of benzene rings is 1. The SMILES string of the molecule is CCOC(=O)/C=C/c1ccc(N2CC(Br)CC2=O)cc1. The number of ether oxygens (including phenoxy) is 1. The summed E-state index contributed by atoms with van der Waals surface area (Å²) in [5.74, 6) is -0.227. The smallest absolute Gasteiger partial charge is 0.330 e. The Balaban J connectivity index is 2.03. The number of nitrogens with zero attached hydrogens (tertiary/aromatic N) is 1. The highest BCUT2D eigenvalue weighted by Gasteiger charge is 2.28. The summed E-state index contributed by atoms with van der Waals surface area (Å²) in [6.07, 6.45) is 3.62. The average Bonchev–Trinajstić information content (AvgIpc) is 2.76. The lowest BCUT2D eigenvalue weighted by atomic mass is 10.2. The largest absolute Gasteiger partial charge is 0.463 e. The fourth-order valence-electron chi connectivity index (χ4n) is 2.03. The van der Waals surface area contributed by atoms with Gasteiger partial charge >= 0.3 is 5.97 Å².